The van der Waals surface area contributed by atoms with Gasteiger partial charge >= 0.3 is 6.03 Å². The summed E-state index contributed by atoms with van der Waals surface area (Å²) in [5, 5.41) is 7.80. The van der Waals surface area contributed by atoms with Gasteiger partial charge in [0.2, 0.25) is 5.82 Å². The first-order valence-electron chi connectivity index (χ1n) is 11.1. The third-order valence-electron chi connectivity index (χ3n) is 5.91. The van der Waals surface area contributed by atoms with Gasteiger partial charge in [0.05, 0.1) is 17.3 Å². The van der Waals surface area contributed by atoms with E-state index in [0.717, 1.165) is 22.4 Å². The molecule has 0 saturated heterocycles. The normalized spacial score (nSPS) is 16.0. The van der Waals surface area contributed by atoms with Crippen LogP contribution in [-0.2, 0) is 0 Å². The molecular formula is C27H22ClFN4O2. The molecule has 1 atom stereocenters. The van der Waals surface area contributed by atoms with E-state index in [0.29, 0.717) is 27.7 Å². The molecule has 1 aromatic heterocycles. The van der Waals surface area contributed by atoms with Gasteiger partial charge in [-0.15, -0.1) is 0 Å². The molecule has 3 aromatic carbocycles. The van der Waals surface area contributed by atoms with E-state index >= 15 is 0 Å². The SMILES string of the molecule is CC1=C(c2nc(-c3ccc(Cl)cc3)no2)C(c2ccc(F)cc2)NC(=O)N1c1cc(C)cc(C)c1. The smallest absolute Gasteiger partial charge is 0.326 e. The Labute approximate surface area is 207 Å². The van der Waals surface area contributed by atoms with Crippen LogP contribution in [0.25, 0.3) is 17.0 Å². The lowest BCUT2D eigenvalue weighted by atomic mass is 9.94. The number of urea groups is 1. The van der Waals surface area contributed by atoms with Crippen molar-refractivity contribution in [3.05, 3.63) is 106 Å². The van der Waals surface area contributed by atoms with Gasteiger partial charge in [-0.25, -0.2) is 9.18 Å². The van der Waals surface area contributed by atoms with Crippen LogP contribution in [0, 0.1) is 19.7 Å². The van der Waals surface area contributed by atoms with E-state index in [-0.39, 0.29) is 17.7 Å². The molecule has 0 saturated carbocycles. The second-order valence-electron chi connectivity index (χ2n) is 8.54. The minimum absolute atomic E-state index is 0.260. The summed E-state index contributed by atoms with van der Waals surface area (Å²) < 4.78 is 19.3. The number of aromatic nitrogens is 2. The highest BCUT2D eigenvalue weighted by Crippen LogP contribution is 2.39. The van der Waals surface area contributed by atoms with Gasteiger partial charge in [-0.1, -0.05) is 35.0 Å². The molecule has 2 heterocycles. The number of anilines is 1. The number of halogens is 2. The van der Waals surface area contributed by atoms with Gasteiger partial charge in [0, 0.05) is 16.3 Å². The minimum Gasteiger partial charge on any atom is -0.334 e. The molecule has 0 bridgehead atoms. The largest absolute Gasteiger partial charge is 0.334 e. The molecule has 6 nitrogen and oxygen atoms in total. The van der Waals surface area contributed by atoms with Crippen molar-refractivity contribution >= 4 is 28.9 Å². The van der Waals surface area contributed by atoms with Crippen LogP contribution in [0.1, 0.15) is 35.5 Å². The Balaban J connectivity index is 1.66. The zero-order valence-electron chi connectivity index (χ0n) is 19.3. The van der Waals surface area contributed by atoms with Crippen molar-refractivity contribution in [3.8, 4) is 11.4 Å². The Bertz CT molecular complexity index is 1420. The molecule has 35 heavy (non-hydrogen) atoms. The number of benzene rings is 3. The molecule has 4 aromatic rings. The fourth-order valence-corrected chi connectivity index (χ4v) is 4.49. The molecule has 2 amide bonds. The topological polar surface area (TPSA) is 71.3 Å². The van der Waals surface area contributed by atoms with Crippen molar-refractivity contribution < 1.29 is 13.7 Å². The number of hydrogen-bond acceptors (Lipinski definition) is 4. The van der Waals surface area contributed by atoms with Gasteiger partial charge in [-0.3, -0.25) is 4.90 Å². The lowest BCUT2D eigenvalue weighted by Gasteiger charge is -2.35. The van der Waals surface area contributed by atoms with E-state index in [1.54, 1.807) is 41.3 Å². The van der Waals surface area contributed by atoms with Gasteiger partial charge < -0.3 is 9.84 Å². The van der Waals surface area contributed by atoms with Crippen molar-refractivity contribution in [2.24, 2.45) is 0 Å². The van der Waals surface area contributed by atoms with Crippen LogP contribution in [0.3, 0.4) is 0 Å². The maximum atomic E-state index is 13.6. The van der Waals surface area contributed by atoms with Gasteiger partial charge in [0.15, 0.2) is 0 Å². The molecule has 176 valence electrons. The van der Waals surface area contributed by atoms with Gasteiger partial charge in [0.25, 0.3) is 5.89 Å². The molecule has 0 aliphatic carbocycles. The number of carbonyl (C=O) groups excluding carboxylic acids is 1. The summed E-state index contributed by atoms with van der Waals surface area (Å²) in [7, 11) is 0. The Morgan fingerprint density at radius 1 is 0.971 bits per heavy atom. The maximum absolute atomic E-state index is 13.6. The molecule has 5 rings (SSSR count). The Morgan fingerprint density at radius 3 is 2.29 bits per heavy atom. The number of rotatable bonds is 4. The lowest BCUT2D eigenvalue weighted by molar-refractivity contribution is 0.244. The second kappa shape index (κ2) is 9.00. The van der Waals surface area contributed by atoms with Gasteiger partial charge in [-0.05, 0) is 86.0 Å². The van der Waals surface area contributed by atoms with E-state index < -0.39 is 6.04 Å². The van der Waals surface area contributed by atoms with E-state index in [9.17, 15) is 9.18 Å². The zero-order valence-corrected chi connectivity index (χ0v) is 20.1. The minimum atomic E-state index is -0.608. The van der Waals surface area contributed by atoms with Crippen molar-refractivity contribution in [1.82, 2.24) is 15.5 Å². The summed E-state index contributed by atoms with van der Waals surface area (Å²) >= 11 is 6.01. The first kappa shape index (κ1) is 22.8. The van der Waals surface area contributed by atoms with Crippen LogP contribution >= 0.6 is 11.6 Å². The van der Waals surface area contributed by atoms with Crippen molar-refractivity contribution in [2.75, 3.05) is 4.90 Å². The molecule has 0 fully saturated rings. The summed E-state index contributed by atoms with van der Waals surface area (Å²) in [5.41, 5.74) is 5.50. The number of allylic oxidation sites excluding steroid dienone is 1. The van der Waals surface area contributed by atoms with Crippen LogP contribution in [0.5, 0.6) is 0 Å². The maximum Gasteiger partial charge on any atom is 0.326 e. The molecule has 0 spiro atoms. The summed E-state index contributed by atoms with van der Waals surface area (Å²) in [6.07, 6.45) is 0. The first-order chi connectivity index (χ1) is 16.8. The first-order valence-corrected chi connectivity index (χ1v) is 11.4. The van der Waals surface area contributed by atoms with Crippen LogP contribution in [-0.4, -0.2) is 16.2 Å². The monoisotopic (exact) mass is 488 g/mol. The van der Waals surface area contributed by atoms with Crippen molar-refractivity contribution in [1.29, 1.82) is 0 Å². The number of hydrogen-bond donors (Lipinski definition) is 1. The molecule has 0 radical (unpaired) electrons. The number of amides is 2. The van der Waals surface area contributed by atoms with Crippen LogP contribution in [0.4, 0.5) is 14.9 Å². The quantitative estimate of drug-likeness (QED) is 0.341. The molecule has 1 unspecified atom stereocenters. The molecule has 1 N–H and O–H groups in total. The predicted octanol–water partition coefficient (Wildman–Crippen LogP) is 6.85. The molecular weight excluding hydrogens is 467 g/mol. The van der Waals surface area contributed by atoms with Gasteiger partial charge in [0.1, 0.15) is 5.82 Å². The van der Waals surface area contributed by atoms with Gasteiger partial charge in [-0.2, -0.15) is 4.98 Å². The van der Waals surface area contributed by atoms with E-state index in [1.807, 2.05) is 39.0 Å². The Kier molecular flexibility index (Phi) is 5.86. The number of nitrogens with zero attached hydrogens (tertiary/aromatic N) is 3. The average Bonchev–Trinajstić information content (AvgIpc) is 3.29. The second-order valence-corrected chi connectivity index (χ2v) is 8.98. The van der Waals surface area contributed by atoms with Crippen LogP contribution in [0.15, 0.2) is 77.0 Å². The third kappa shape index (κ3) is 4.42. The van der Waals surface area contributed by atoms with Crippen molar-refractivity contribution in [3.63, 3.8) is 0 Å². The molecule has 1 aliphatic rings. The highest BCUT2D eigenvalue weighted by molar-refractivity contribution is 6.30. The summed E-state index contributed by atoms with van der Waals surface area (Å²) in [5.74, 6) is 0.290. The predicted molar refractivity (Wildman–Crippen MR) is 133 cm³/mol. The number of nitrogens with one attached hydrogen (secondary N) is 1. The summed E-state index contributed by atoms with van der Waals surface area (Å²) in [6.45, 7) is 5.81. The van der Waals surface area contributed by atoms with Crippen LogP contribution in [0.2, 0.25) is 5.02 Å². The standard InChI is InChI=1S/C27H22ClFN4O2/c1-15-12-16(2)14-22(13-15)33-17(3)23(24(30-27(33)34)18-6-10-21(29)11-7-18)26-31-25(32-35-26)19-4-8-20(28)9-5-19/h4-14,24H,1-3H3,(H,30,34). The lowest BCUT2D eigenvalue weighted by Crippen LogP contribution is -2.46. The Hall–Kier alpha value is -3.97. The molecule has 8 heteroatoms. The summed E-state index contributed by atoms with van der Waals surface area (Å²) in [4.78, 5) is 19.6. The Morgan fingerprint density at radius 2 is 1.63 bits per heavy atom. The number of carbonyl (C=O) groups is 1. The fourth-order valence-electron chi connectivity index (χ4n) is 4.37. The average molecular weight is 489 g/mol. The van der Waals surface area contributed by atoms with E-state index in [1.165, 1.54) is 12.1 Å². The summed E-state index contributed by atoms with van der Waals surface area (Å²) in [6, 6.07) is 18.1. The van der Waals surface area contributed by atoms with E-state index in [4.69, 9.17) is 16.1 Å². The fraction of sp³-hybridized carbons (Fsp3) is 0.148. The molecule has 1 aliphatic heterocycles. The van der Waals surface area contributed by atoms with Crippen molar-refractivity contribution in [2.45, 2.75) is 26.8 Å². The highest BCUT2D eigenvalue weighted by Gasteiger charge is 2.36. The van der Waals surface area contributed by atoms with Crippen LogP contribution < -0.4 is 10.2 Å². The zero-order chi connectivity index (χ0) is 24.7. The third-order valence-corrected chi connectivity index (χ3v) is 6.16. The van der Waals surface area contributed by atoms with E-state index in [2.05, 4.69) is 15.5 Å². The number of aryl methyl sites for hydroxylation is 2. The highest BCUT2D eigenvalue weighted by atomic mass is 35.5.